The van der Waals surface area contributed by atoms with Gasteiger partial charge in [0.2, 0.25) is 0 Å². The van der Waals surface area contributed by atoms with E-state index in [1.54, 1.807) is 24.3 Å². The van der Waals surface area contributed by atoms with Gasteiger partial charge in [0.05, 0.1) is 0 Å². The lowest BCUT2D eigenvalue weighted by molar-refractivity contribution is -0.122. The first-order valence-corrected chi connectivity index (χ1v) is 10.1. The van der Waals surface area contributed by atoms with E-state index in [1.165, 1.54) is 5.56 Å². The number of nitrogens with one attached hydrogen (secondary N) is 2. The molecule has 0 bridgehead atoms. The van der Waals surface area contributed by atoms with Crippen LogP contribution in [0, 0.1) is 0 Å². The van der Waals surface area contributed by atoms with E-state index in [0.29, 0.717) is 23.5 Å². The number of benzene rings is 3. The zero-order valence-corrected chi connectivity index (χ0v) is 17.1. The van der Waals surface area contributed by atoms with Crippen LogP contribution in [0.3, 0.4) is 0 Å². The lowest BCUT2D eigenvalue weighted by Gasteiger charge is -2.11. The van der Waals surface area contributed by atoms with Crippen LogP contribution in [0.2, 0.25) is 0 Å². The number of rotatable bonds is 9. The molecule has 5 heteroatoms. The summed E-state index contributed by atoms with van der Waals surface area (Å²) in [5, 5.41) is 5.61. The van der Waals surface area contributed by atoms with Crippen molar-refractivity contribution in [2.75, 3.05) is 18.5 Å². The monoisotopic (exact) mass is 402 g/mol. The average molecular weight is 402 g/mol. The quantitative estimate of drug-likeness (QED) is 0.563. The summed E-state index contributed by atoms with van der Waals surface area (Å²) in [4.78, 5) is 24.3. The minimum Gasteiger partial charge on any atom is -0.484 e. The molecule has 0 heterocycles. The highest BCUT2D eigenvalue weighted by Crippen LogP contribution is 2.18. The van der Waals surface area contributed by atoms with Crippen molar-refractivity contribution in [3.63, 3.8) is 0 Å². The maximum atomic E-state index is 12.8. The van der Waals surface area contributed by atoms with Crippen LogP contribution >= 0.6 is 0 Å². The van der Waals surface area contributed by atoms with Gasteiger partial charge in [0.1, 0.15) is 5.75 Å². The number of amides is 2. The van der Waals surface area contributed by atoms with E-state index in [9.17, 15) is 9.59 Å². The Labute approximate surface area is 177 Å². The zero-order chi connectivity index (χ0) is 21.2. The molecule has 2 amide bonds. The summed E-state index contributed by atoms with van der Waals surface area (Å²) in [5.41, 5.74) is 3.60. The Kier molecular flexibility index (Phi) is 7.61. The molecule has 0 fully saturated rings. The molecule has 0 spiro atoms. The van der Waals surface area contributed by atoms with E-state index >= 15 is 0 Å². The van der Waals surface area contributed by atoms with Crippen molar-refractivity contribution in [2.24, 2.45) is 0 Å². The number of carbonyl (C=O) groups excluding carboxylic acids is 2. The Balaban J connectivity index is 1.60. The molecule has 0 aliphatic rings. The van der Waals surface area contributed by atoms with Gasteiger partial charge < -0.3 is 15.4 Å². The van der Waals surface area contributed by atoms with E-state index in [-0.39, 0.29) is 18.4 Å². The highest BCUT2D eigenvalue weighted by atomic mass is 16.5. The van der Waals surface area contributed by atoms with Gasteiger partial charge in [-0.25, -0.2) is 0 Å². The van der Waals surface area contributed by atoms with E-state index in [4.69, 9.17) is 4.74 Å². The summed E-state index contributed by atoms with van der Waals surface area (Å²) >= 11 is 0. The van der Waals surface area contributed by atoms with Crippen molar-refractivity contribution in [1.29, 1.82) is 0 Å². The van der Waals surface area contributed by atoms with E-state index in [1.807, 2.05) is 49.4 Å². The lowest BCUT2D eigenvalue weighted by atomic mass is 9.99. The average Bonchev–Trinajstić information content (AvgIpc) is 2.78. The fourth-order valence-electron chi connectivity index (χ4n) is 3.11. The molecule has 154 valence electrons. The standard InChI is InChI=1S/C25H26N2O3/c1-2-26-24(28)18-30-22-16-14-21(15-17-22)27-25(29)23-11-7-6-10-20(23)13-12-19-8-4-3-5-9-19/h3-11,14-17H,2,12-13,18H2,1H3,(H,26,28)(H,27,29). The van der Waals surface area contributed by atoms with Crippen LogP contribution in [0.25, 0.3) is 0 Å². The van der Waals surface area contributed by atoms with Crippen LogP contribution in [-0.4, -0.2) is 25.0 Å². The normalized spacial score (nSPS) is 10.3. The SMILES string of the molecule is CCNC(=O)COc1ccc(NC(=O)c2ccccc2CCc2ccccc2)cc1. The maximum absolute atomic E-state index is 12.8. The Hall–Kier alpha value is -3.60. The molecule has 0 aromatic heterocycles. The molecule has 3 rings (SSSR count). The maximum Gasteiger partial charge on any atom is 0.257 e. The number of anilines is 1. The molecule has 5 nitrogen and oxygen atoms in total. The van der Waals surface area contributed by atoms with Crippen molar-refractivity contribution < 1.29 is 14.3 Å². The summed E-state index contributed by atoms with van der Waals surface area (Å²) in [6.45, 7) is 2.39. The zero-order valence-electron chi connectivity index (χ0n) is 17.1. The number of hydrogen-bond acceptors (Lipinski definition) is 3. The number of hydrogen-bond donors (Lipinski definition) is 2. The minimum atomic E-state index is -0.165. The summed E-state index contributed by atoms with van der Waals surface area (Å²) in [7, 11) is 0. The smallest absolute Gasteiger partial charge is 0.257 e. The van der Waals surface area contributed by atoms with E-state index in [0.717, 1.165) is 18.4 Å². The highest BCUT2D eigenvalue weighted by Gasteiger charge is 2.11. The van der Waals surface area contributed by atoms with Crippen molar-refractivity contribution in [3.8, 4) is 5.75 Å². The number of ether oxygens (including phenoxy) is 1. The van der Waals surface area contributed by atoms with Crippen molar-refractivity contribution in [2.45, 2.75) is 19.8 Å². The fourth-order valence-corrected chi connectivity index (χ4v) is 3.11. The second-order valence-electron chi connectivity index (χ2n) is 6.86. The van der Waals surface area contributed by atoms with Crippen molar-refractivity contribution >= 4 is 17.5 Å². The molecule has 0 unspecified atom stereocenters. The molecule has 0 saturated carbocycles. The van der Waals surface area contributed by atoms with E-state index in [2.05, 4.69) is 22.8 Å². The molecule has 3 aromatic rings. The topological polar surface area (TPSA) is 67.4 Å². The first kappa shape index (κ1) is 21.1. The first-order chi connectivity index (χ1) is 14.7. The molecule has 0 radical (unpaired) electrons. The van der Waals surface area contributed by atoms with Crippen LogP contribution in [0.15, 0.2) is 78.9 Å². The van der Waals surface area contributed by atoms with Gasteiger partial charge >= 0.3 is 0 Å². The predicted octanol–water partition coefficient (Wildman–Crippen LogP) is 4.24. The van der Waals surface area contributed by atoms with Gasteiger partial charge in [0.25, 0.3) is 11.8 Å². The molecule has 2 N–H and O–H groups in total. The Morgan fingerprint density at radius 1 is 0.833 bits per heavy atom. The number of likely N-dealkylation sites (N-methyl/N-ethyl adjacent to an activating group) is 1. The largest absolute Gasteiger partial charge is 0.484 e. The Bertz CT molecular complexity index is 969. The molecule has 0 atom stereocenters. The first-order valence-electron chi connectivity index (χ1n) is 10.1. The van der Waals surface area contributed by atoms with Gasteiger partial charge in [-0.05, 0) is 61.2 Å². The predicted molar refractivity (Wildman–Crippen MR) is 119 cm³/mol. The van der Waals surface area contributed by atoms with Gasteiger partial charge in [-0.3, -0.25) is 9.59 Å². The minimum absolute atomic E-state index is 0.0334. The second-order valence-corrected chi connectivity index (χ2v) is 6.86. The Morgan fingerprint density at radius 3 is 2.27 bits per heavy atom. The highest BCUT2D eigenvalue weighted by molar-refractivity contribution is 6.05. The Morgan fingerprint density at radius 2 is 1.53 bits per heavy atom. The molecule has 0 aliphatic heterocycles. The van der Waals surface area contributed by atoms with Crippen LogP contribution in [0.1, 0.15) is 28.4 Å². The summed E-state index contributed by atoms with van der Waals surface area (Å²) in [6.07, 6.45) is 1.67. The van der Waals surface area contributed by atoms with Crippen LogP contribution in [0.4, 0.5) is 5.69 Å². The molecule has 3 aromatic carbocycles. The van der Waals surface area contributed by atoms with Gasteiger partial charge in [-0.1, -0.05) is 48.5 Å². The van der Waals surface area contributed by atoms with Crippen molar-refractivity contribution in [1.82, 2.24) is 5.32 Å². The van der Waals surface area contributed by atoms with Gasteiger partial charge in [0.15, 0.2) is 6.61 Å². The summed E-state index contributed by atoms with van der Waals surface area (Å²) in [6, 6.07) is 24.9. The van der Waals surface area contributed by atoms with Crippen LogP contribution in [-0.2, 0) is 17.6 Å². The number of carbonyl (C=O) groups is 2. The van der Waals surface area contributed by atoms with Crippen molar-refractivity contribution in [3.05, 3.63) is 95.6 Å². The van der Waals surface area contributed by atoms with Crippen LogP contribution < -0.4 is 15.4 Å². The molecule has 0 saturated heterocycles. The molecule has 0 aliphatic carbocycles. The summed E-state index contributed by atoms with van der Waals surface area (Å²) < 4.78 is 5.43. The van der Waals surface area contributed by atoms with Gasteiger partial charge in [-0.15, -0.1) is 0 Å². The number of aryl methyl sites for hydroxylation is 2. The lowest BCUT2D eigenvalue weighted by Crippen LogP contribution is -2.28. The third-order valence-corrected chi connectivity index (χ3v) is 4.64. The molecular weight excluding hydrogens is 376 g/mol. The fraction of sp³-hybridized carbons (Fsp3) is 0.200. The molecular formula is C25H26N2O3. The van der Waals surface area contributed by atoms with Crippen LogP contribution in [0.5, 0.6) is 5.75 Å². The third-order valence-electron chi connectivity index (χ3n) is 4.64. The third kappa shape index (κ3) is 6.21. The second kappa shape index (κ2) is 10.8. The summed E-state index contributed by atoms with van der Waals surface area (Å²) in [5.74, 6) is 0.263. The van der Waals surface area contributed by atoms with E-state index < -0.39 is 0 Å². The molecule has 30 heavy (non-hydrogen) atoms. The van der Waals surface area contributed by atoms with Gasteiger partial charge in [0, 0.05) is 17.8 Å². The van der Waals surface area contributed by atoms with Gasteiger partial charge in [-0.2, -0.15) is 0 Å².